The molecule has 0 amide bonds. The van der Waals surface area contributed by atoms with E-state index in [1.165, 1.54) is 5.56 Å². The van der Waals surface area contributed by atoms with Gasteiger partial charge in [-0.15, -0.1) is 0 Å². The summed E-state index contributed by atoms with van der Waals surface area (Å²) in [6, 6.07) is 16.2. The Morgan fingerprint density at radius 3 is 2.79 bits per heavy atom. The van der Waals surface area contributed by atoms with Gasteiger partial charge in [-0.05, 0) is 30.7 Å². The number of carbonyl (C=O) groups excluding carboxylic acids is 1. The van der Waals surface area contributed by atoms with Gasteiger partial charge in [-0.25, -0.2) is 0 Å². The van der Waals surface area contributed by atoms with Crippen molar-refractivity contribution in [1.29, 1.82) is 0 Å². The number of nitrogens with one attached hydrogen (secondary N) is 1. The highest BCUT2D eigenvalue weighted by molar-refractivity contribution is 8.14. The van der Waals surface area contributed by atoms with Crippen LogP contribution in [0, 0.1) is 6.92 Å². The molecular weight excluding hydrogens is 370 g/mol. The van der Waals surface area contributed by atoms with E-state index in [0.29, 0.717) is 0 Å². The molecule has 1 aliphatic heterocycles. The fourth-order valence-electron chi connectivity index (χ4n) is 3.60. The lowest BCUT2D eigenvalue weighted by molar-refractivity contribution is 0.0997. The largest absolute Gasteiger partial charge is 0.497 e. The molecule has 0 unspecified atom stereocenters. The quantitative estimate of drug-likeness (QED) is 0.646. The number of Topliss-reactive ketones (excluding diaryl/α,β-unsaturated/α-hetero) is 1. The fourth-order valence-corrected chi connectivity index (χ4v) is 4.33. The molecule has 0 fully saturated rings. The summed E-state index contributed by atoms with van der Waals surface area (Å²) in [6.45, 7) is 3.80. The number of amidine groups is 1. The second-order valence-electron chi connectivity index (χ2n) is 6.73. The van der Waals surface area contributed by atoms with E-state index in [1.54, 1.807) is 18.9 Å². The summed E-state index contributed by atoms with van der Waals surface area (Å²) in [6.07, 6.45) is 0. The molecule has 0 saturated heterocycles. The number of benzene rings is 2. The topological polar surface area (TPSA) is 55.6 Å². The SMILES string of the molecule is COc1ccc2c(c1)c(C(=O)CNC1=NCCS1)c(C)n2Cc1ccccc1. The molecule has 5 nitrogen and oxygen atoms in total. The predicted molar refractivity (Wildman–Crippen MR) is 116 cm³/mol. The summed E-state index contributed by atoms with van der Waals surface area (Å²) in [7, 11) is 1.65. The maximum absolute atomic E-state index is 13.1. The van der Waals surface area contributed by atoms with Crippen LogP contribution in [-0.4, -0.2) is 41.5 Å². The average Bonchev–Trinajstić information content (AvgIpc) is 3.33. The van der Waals surface area contributed by atoms with Crippen molar-refractivity contribution in [3.8, 4) is 5.75 Å². The van der Waals surface area contributed by atoms with E-state index < -0.39 is 0 Å². The van der Waals surface area contributed by atoms with Gasteiger partial charge in [-0.3, -0.25) is 9.79 Å². The molecule has 0 spiro atoms. The molecule has 1 aliphatic rings. The molecule has 144 valence electrons. The Labute approximate surface area is 168 Å². The molecule has 0 atom stereocenters. The monoisotopic (exact) mass is 393 g/mol. The Balaban J connectivity index is 1.73. The summed E-state index contributed by atoms with van der Waals surface area (Å²) in [5.41, 5.74) is 3.96. The van der Waals surface area contributed by atoms with E-state index in [2.05, 4.69) is 27.0 Å². The normalized spacial score (nSPS) is 13.6. The van der Waals surface area contributed by atoms with E-state index in [4.69, 9.17) is 4.74 Å². The van der Waals surface area contributed by atoms with Crippen LogP contribution in [0.1, 0.15) is 21.6 Å². The molecule has 6 heteroatoms. The van der Waals surface area contributed by atoms with E-state index in [-0.39, 0.29) is 12.3 Å². The summed E-state index contributed by atoms with van der Waals surface area (Å²) >= 11 is 1.66. The standard InChI is InChI=1S/C22H23N3O2S/c1-15-21(20(26)13-24-22-23-10-11-28-22)18-12-17(27-2)8-9-19(18)25(15)14-16-6-4-3-5-7-16/h3-9,12H,10-11,13-14H2,1-2H3,(H,23,24). The third-order valence-corrected chi connectivity index (χ3v) is 5.91. The van der Waals surface area contributed by atoms with Crippen LogP contribution in [0.4, 0.5) is 0 Å². The van der Waals surface area contributed by atoms with Crippen molar-refractivity contribution in [2.45, 2.75) is 13.5 Å². The molecule has 4 rings (SSSR count). The predicted octanol–water partition coefficient (Wildman–Crippen LogP) is 3.88. The molecule has 1 aromatic heterocycles. The highest BCUT2D eigenvalue weighted by atomic mass is 32.2. The molecule has 0 radical (unpaired) electrons. The van der Waals surface area contributed by atoms with E-state index in [0.717, 1.165) is 51.9 Å². The van der Waals surface area contributed by atoms with Crippen LogP contribution in [-0.2, 0) is 6.54 Å². The highest BCUT2D eigenvalue weighted by Crippen LogP contribution is 2.30. The molecule has 3 aromatic rings. The zero-order valence-electron chi connectivity index (χ0n) is 16.1. The van der Waals surface area contributed by atoms with E-state index in [9.17, 15) is 4.79 Å². The number of aromatic nitrogens is 1. The van der Waals surface area contributed by atoms with Gasteiger partial charge in [0.2, 0.25) is 0 Å². The Kier molecular flexibility index (Phi) is 5.39. The van der Waals surface area contributed by atoms with Crippen LogP contribution >= 0.6 is 11.8 Å². The summed E-state index contributed by atoms with van der Waals surface area (Å²) in [5.74, 6) is 1.79. The Morgan fingerprint density at radius 1 is 1.25 bits per heavy atom. The smallest absolute Gasteiger partial charge is 0.184 e. The van der Waals surface area contributed by atoms with Crippen LogP contribution in [0.5, 0.6) is 5.75 Å². The number of aliphatic imine (C=N–C) groups is 1. The Bertz CT molecular complexity index is 1040. The lowest BCUT2D eigenvalue weighted by Gasteiger charge is -2.09. The van der Waals surface area contributed by atoms with Gasteiger partial charge in [-0.1, -0.05) is 42.1 Å². The molecule has 0 saturated carbocycles. The van der Waals surface area contributed by atoms with Crippen molar-refractivity contribution in [3.63, 3.8) is 0 Å². The average molecular weight is 394 g/mol. The Hall–Kier alpha value is -2.73. The number of ether oxygens (including phenoxy) is 1. The van der Waals surface area contributed by atoms with Crippen LogP contribution in [0.15, 0.2) is 53.5 Å². The maximum atomic E-state index is 13.1. The number of ketones is 1. The van der Waals surface area contributed by atoms with Gasteiger partial charge in [0.05, 0.1) is 20.2 Å². The van der Waals surface area contributed by atoms with Gasteiger partial charge in [0.25, 0.3) is 0 Å². The van der Waals surface area contributed by atoms with Gasteiger partial charge in [0.15, 0.2) is 11.0 Å². The molecule has 1 N–H and O–H groups in total. The first-order valence-corrected chi connectivity index (χ1v) is 10.3. The van der Waals surface area contributed by atoms with Crippen LogP contribution in [0.3, 0.4) is 0 Å². The summed E-state index contributed by atoms with van der Waals surface area (Å²) < 4.78 is 7.61. The lowest BCUT2D eigenvalue weighted by Crippen LogP contribution is -2.27. The van der Waals surface area contributed by atoms with Gasteiger partial charge < -0.3 is 14.6 Å². The number of methoxy groups -OCH3 is 1. The van der Waals surface area contributed by atoms with Crippen molar-refractivity contribution in [1.82, 2.24) is 9.88 Å². The van der Waals surface area contributed by atoms with Crippen LogP contribution in [0.2, 0.25) is 0 Å². The first-order chi connectivity index (χ1) is 13.7. The fraction of sp³-hybridized carbons (Fsp3) is 0.273. The van der Waals surface area contributed by atoms with Crippen molar-refractivity contribution in [3.05, 3.63) is 65.4 Å². The third-order valence-electron chi connectivity index (χ3n) is 4.98. The first-order valence-electron chi connectivity index (χ1n) is 9.32. The number of nitrogens with zero attached hydrogens (tertiary/aromatic N) is 2. The number of carbonyl (C=O) groups is 1. The lowest BCUT2D eigenvalue weighted by atomic mass is 10.1. The molecule has 0 bridgehead atoms. The zero-order chi connectivity index (χ0) is 19.5. The number of fused-ring (bicyclic) bond motifs is 1. The van der Waals surface area contributed by atoms with Crippen molar-refractivity contribution < 1.29 is 9.53 Å². The second-order valence-corrected chi connectivity index (χ2v) is 7.81. The highest BCUT2D eigenvalue weighted by Gasteiger charge is 2.21. The molecule has 2 aromatic carbocycles. The van der Waals surface area contributed by atoms with Crippen LogP contribution < -0.4 is 10.1 Å². The first kappa shape index (κ1) is 18.6. The number of thioether (sulfide) groups is 1. The van der Waals surface area contributed by atoms with Gasteiger partial charge in [0.1, 0.15) is 5.75 Å². The minimum Gasteiger partial charge on any atom is -0.497 e. The summed E-state index contributed by atoms with van der Waals surface area (Å²) in [4.78, 5) is 17.5. The van der Waals surface area contributed by atoms with Gasteiger partial charge >= 0.3 is 0 Å². The van der Waals surface area contributed by atoms with Crippen molar-refractivity contribution in [2.75, 3.05) is 26.0 Å². The Morgan fingerprint density at radius 2 is 2.07 bits per heavy atom. The minimum absolute atomic E-state index is 0.0674. The minimum atomic E-state index is 0.0674. The molecular formula is C22H23N3O2S. The van der Waals surface area contributed by atoms with Crippen molar-refractivity contribution >= 4 is 33.6 Å². The van der Waals surface area contributed by atoms with Crippen LogP contribution in [0.25, 0.3) is 10.9 Å². The molecule has 0 aliphatic carbocycles. The van der Waals surface area contributed by atoms with Crippen molar-refractivity contribution in [2.24, 2.45) is 4.99 Å². The molecule has 2 heterocycles. The number of hydrogen-bond donors (Lipinski definition) is 1. The maximum Gasteiger partial charge on any atom is 0.184 e. The summed E-state index contributed by atoms with van der Waals surface area (Å²) in [5, 5.41) is 4.97. The molecule has 28 heavy (non-hydrogen) atoms. The third kappa shape index (κ3) is 3.64. The van der Waals surface area contributed by atoms with E-state index >= 15 is 0 Å². The zero-order valence-corrected chi connectivity index (χ0v) is 16.9. The van der Waals surface area contributed by atoms with Gasteiger partial charge in [-0.2, -0.15) is 0 Å². The van der Waals surface area contributed by atoms with Gasteiger partial charge in [0, 0.05) is 34.5 Å². The number of rotatable bonds is 6. The second kappa shape index (κ2) is 8.10. The van der Waals surface area contributed by atoms with E-state index in [1.807, 2.05) is 43.3 Å². The number of hydrogen-bond acceptors (Lipinski definition) is 5.